The number of carbonyl (C=O) groups is 2. The third kappa shape index (κ3) is 5.13. The van der Waals surface area contributed by atoms with Gasteiger partial charge in [-0.3, -0.25) is 9.69 Å². The van der Waals surface area contributed by atoms with E-state index in [9.17, 15) is 18.0 Å². The van der Waals surface area contributed by atoms with Crippen LogP contribution in [0.25, 0.3) is 0 Å². The lowest BCUT2D eigenvalue weighted by Crippen LogP contribution is -2.35. The Kier molecular flexibility index (Phi) is 7.67. The fraction of sp³-hybridized carbons (Fsp3) is 0.357. The average Bonchev–Trinajstić information content (AvgIpc) is 3.29. The lowest BCUT2D eigenvalue weighted by Gasteiger charge is -2.28. The number of methoxy groups -OCH3 is 1. The largest absolute Gasteiger partial charge is 0.465 e. The number of hydrogen-bond donors (Lipinski definition) is 1. The number of benzene rings is 2. The zero-order chi connectivity index (χ0) is 26.9. The van der Waals surface area contributed by atoms with Gasteiger partial charge >= 0.3 is 5.97 Å². The Labute approximate surface area is 227 Å². The summed E-state index contributed by atoms with van der Waals surface area (Å²) in [5, 5.41) is 3.35. The molecule has 0 radical (unpaired) electrons. The number of thiophene rings is 1. The molecule has 3 heterocycles. The molecule has 0 aliphatic carbocycles. The summed E-state index contributed by atoms with van der Waals surface area (Å²) in [5.74, 6) is -0.874. The van der Waals surface area contributed by atoms with Gasteiger partial charge in [-0.1, -0.05) is 31.2 Å². The zero-order valence-corrected chi connectivity index (χ0v) is 23.2. The van der Waals surface area contributed by atoms with E-state index in [1.165, 1.54) is 52.6 Å². The van der Waals surface area contributed by atoms with Gasteiger partial charge in [-0.15, -0.1) is 11.3 Å². The SMILES string of the molecule is CCCN1CCc2c(sc(NC(=O)c3ccc(S(=O)(=O)N4CCc5ccccc5C4)cc3)c2C(=O)OC)C1. The van der Waals surface area contributed by atoms with Gasteiger partial charge in [-0.2, -0.15) is 4.31 Å². The van der Waals surface area contributed by atoms with Crippen molar-refractivity contribution in [2.45, 2.75) is 44.2 Å². The van der Waals surface area contributed by atoms with E-state index in [-0.39, 0.29) is 4.90 Å². The second kappa shape index (κ2) is 11.0. The maximum absolute atomic E-state index is 13.3. The topological polar surface area (TPSA) is 96.0 Å². The van der Waals surface area contributed by atoms with E-state index in [0.29, 0.717) is 35.6 Å². The van der Waals surface area contributed by atoms with Crippen LogP contribution in [0.5, 0.6) is 0 Å². The van der Waals surface area contributed by atoms with Gasteiger partial charge in [-0.25, -0.2) is 13.2 Å². The average molecular weight is 554 g/mol. The molecule has 0 spiro atoms. The number of anilines is 1. The van der Waals surface area contributed by atoms with Crippen LogP contribution in [0.4, 0.5) is 5.00 Å². The van der Waals surface area contributed by atoms with Gasteiger partial charge in [0.1, 0.15) is 5.00 Å². The van der Waals surface area contributed by atoms with E-state index in [0.717, 1.165) is 48.5 Å². The molecule has 38 heavy (non-hydrogen) atoms. The highest BCUT2D eigenvalue weighted by Crippen LogP contribution is 2.38. The van der Waals surface area contributed by atoms with Crippen LogP contribution in [0.15, 0.2) is 53.4 Å². The molecule has 0 fully saturated rings. The van der Waals surface area contributed by atoms with E-state index in [2.05, 4.69) is 17.1 Å². The lowest BCUT2D eigenvalue weighted by atomic mass is 10.0. The van der Waals surface area contributed by atoms with Crippen molar-refractivity contribution in [3.63, 3.8) is 0 Å². The number of carbonyl (C=O) groups excluding carboxylic acids is 2. The van der Waals surface area contributed by atoms with Gasteiger partial charge in [0, 0.05) is 36.6 Å². The van der Waals surface area contributed by atoms with Crippen molar-refractivity contribution < 1.29 is 22.7 Å². The monoisotopic (exact) mass is 553 g/mol. The number of nitrogens with one attached hydrogen (secondary N) is 1. The molecule has 0 unspecified atom stereocenters. The van der Waals surface area contributed by atoms with E-state index in [1.54, 1.807) is 0 Å². The second-order valence-electron chi connectivity index (χ2n) is 9.56. The first kappa shape index (κ1) is 26.6. The maximum atomic E-state index is 13.3. The minimum absolute atomic E-state index is 0.145. The Bertz CT molecular complexity index is 1460. The third-order valence-electron chi connectivity index (χ3n) is 7.14. The molecule has 2 aromatic carbocycles. The van der Waals surface area contributed by atoms with E-state index >= 15 is 0 Å². The summed E-state index contributed by atoms with van der Waals surface area (Å²) in [6, 6.07) is 13.8. The molecule has 0 bridgehead atoms. The van der Waals surface area contributed by atoms with Crippen LogP contribution >= 0.6 is 11.3 Å². The molecule has 2 aliphatic heterocycles. The molecule has 1 aromatic heterocycles. The van der Waals surface area contributed by atoms with Crippen molar-refractivity contribution in [2.24, 2.45) is 0 Å². The number of esters is 1. The predicted octanol–water partition coefficient (Wildman–Crippen LogP) is 4.30. The van der Waals surface area contributed by atoms with Crippen LogP contribution in [0.3, 0.4) is 0 Å². The van der Waals surface area contributed by atoms with Crippen LogP contribution in [-0.2, 0) is 40.7 Å². The normalized spacial score (nSPS) is 15.9. The van der Waals surface area contributed by atoms with Crippen LogP contribution in [-0.4, -0.2) is 56.2 Å². The smallest absolute Gasteiger partial charge is 0.341 e. The Morgan fingerprint density at radius 2 is 1.74 bits per heavy atom. The van der Waals surface area contributed by atoms with Crippen molar-refractivity contribution in [3.05, 3.63) is 81.2 Å². The number of amides is 1. The quantitative estimate of drug-likeness (QED) is 0.439. The summed E-state index contributed by atoms with van der Waals surface area (Å²) >= 11 is 1.40. The molecule has 1 amide bonds. The molecule has 3 aromatic rings. The van der Waals surface area contributed by atoms with Crippen LogP contribution in [0, 0.1) is 0 Å². The molecule has 0 saturated heterocycles. The highest BCUT2D eigenvalue weighted by molar-refractivity contribution is 7.89. The highest BCUT2D eigenvalue weighted by Gasteiger charge is 2.30. The Hall–Kier alpha value is -3.05. The summed E-state index contributed by atoms with van der Waals surface area (Å²) in [5.41, 5.74) is 3.85. The Morgan fingerprint density at radius 1 is 1.00 bits per heavy atom. The molecule has 0 saturated carbocycles. The molecular formula is C28H31N3O5S2. The molecule has 5 rings (SSSR count). The number of rotatable bonds is 7. The Morgan fingerprint density at radius 3 is 2.45 bits per heavy atom. The summed E-state index contributed by atoms with van der Waals surface area (Å²) in [4.78, 5) is 29.3. The lowest BCUT2D eigenvalue weighted by molar-refractivity contribution is 0.0600. The zero-order valence-electron chi connectivity index (χ0n) is 21.5. The predicted molar refractivity (Wildman–Crippen MR) is 147 cm³/mol. The van der Waals surface area contributed by atoms with Crippen molar-refractivity contribution in [3.8, 4) is 0 Å². The Balaban J connectivity index is 1.34. The molecule has 0 atom stereocenters. The van der Waals surface area contributed by atoms with Crippen molar-refractivity contribution in [2.75, 3.05) is 32.1 Å². The summed E-state index contributed by atoms with van der Waals surface area (Å²) in [7, 11) is -2.36. The summed E-state index contributed by atoms with van der Waals surface area (Å²) < 4.78 is 33.1. The number of fused-ring (bicyclic) bond motifs is 2. The fourth-order valence-corrected chi connectivity index (χ4v) is 7.84. The van der Waals surface area contributed by atoms with Crippen LogP contribution in [0.1, 0.15) is 55.6 Å². The molecular weight excluding hydrogens is 522 g/mol. The van der Waals surface area contributed by atoms with Crippen molar-refractivity contribution in [1.29, 1.82) is 0 Å². The van der Waals surface area contributed by atoms with Crippen LogP contribution < -0.4 is 5.32 Å². The molecule has 200 valence electrons. The van der Waals surface area contributed by atoms with Gasteiger partial charge in [0.05, 0.1) is 17.6 Å². The standard InChI is InChI=1S/C28H31N3O5S2/c1-3-14-30-15-13-23-24(18-30)37-27(25(23)28(33)36-2)29-26(32)20-8-10-22(11-9-20)38(34,35)31-16-12-19-6-4-5-7-21(19)17-31/h4-11H,3,12-18H2,1-2H3,(H,29,32). The number of ether oxygens (including phenoxy) is 1. The first-order chi connectivity index (χ1) is 18.3. The van der Waals surface area contributed by atoms with Crippen molar-refractivity contribution in [1.82, 2.24) is 9.21 Å². The van der Waals surface area contributed by atoms with E-state index in [1.807, 2.05) is 24.3 Å². The minimum Gasteiger partial charge on any atom is -0.465 e. The number of nitrogens with zero attached hydrogens (tertiary/aromatic N) is 2. The van der Waals surface area contributed by atoms with Gasteiger partial charge in [0.2, 0.25) is 10.0 Å². The molecule has 2 aliphatic rings. The van der Waals surface area contributed by atoms with Gasteiger partial charge in [-0.05, 0) is 66.8 Å². The molecule has 10 heteroatoms. The third-order valence-corrected chi connectivity index (χ3v) is 10.1. The van der Waals surface area contributed by atoms with Gasteiger partial charge < -0.3 is 10.1 Å². The van der Waals surface area contributed by atoms with Gasteiger partial charge in [0.15, 0.2) is 0 Å². The van der Waals surface area contributed by atoms with Crippen molar-refractivity contribution >= 4 is 38.2 Å². The highest BCUT2D eigenvalue weighted by atomic mass is 32.2. The number of sulfonamides is 1. The maximum Gasteiger partial charge on any atom is 0.341 e. The minimum atomic E-state index is -3.70. The van der Waals surface area contributed by atoms with Crippen LogP contribution in [0.2, 0.25) is 0 Å². The second-order valence-corrected chi connectivity index (χ2v) is 12.6. The van der Waals surface area contributed by atoms with E-state index < -0.39 is 21.9 Å². The molecule has 8 nitrogen and oxygen atoms in total. The molecule has 1 N–H and O–H groups in total. The van der Waals surface area contributed by atoms with E-state index in [4.69, 9.17) is 4.74 Å². The summed E-state index contributed by atoms with van der Waals surface area (Å²) in [6.45, 7) is 5.45. The fourth-order valence-electron chi connectivity index (χ4n) is 5.15. The summed E-state index contributed by atoms with van der Waals surface area (Å²) in [6.07, 6.45) is 2.43. The van der Waals surface area contributed by atoms with Gasteiger partial charge in [0.25, 0.3) is 5.91 Å². The first-order valence-electron chi connectivity index (χ1n) is 12.8. The number of hydrogen-bond acceptors (Lipinski definition) is 7. The first-order valence-corrected chi connectivity index (χ1v) is 15.0.